The predicted octanol–water partition coefficient (Wildman–Crippen LogP) is 4.89. The minimum atomic E-state index is 0.791. The normalized spacial score (nSPS) is 11.4. The molecule has 1 N–H and O–H groups in total. The van der Waals surface area contributed by atoms with E-state index >= 15 is 0 Å². The van der Waals surface area contributed by atoms with Gasteiger partial charge in [0.2, 0.25) is 0 Å². The fourth-order valence-corrected chi connectivity index (χ4v) is 3.20. The van der Waals surface area contributed by atoms with E-state index in [2.05, 4.69) is 52.7 Å². The van der Waals surface area contributed by atoms with Gasteiger partial charge in [-0.15, -0.1) is 0 Å². The van der Waals surface area contributed by atoms with Crippen LogP contribution < -0.4 is 0 Å². The number of H-pyrrole nitrogens is 1. The van der Waals surface area contributed by atoms with Crippen molar-refractivity contribution < 1.29 is 0 Å². The van der Waals surface area contributed by atoms with Gasteiger partial charge in [0.05, 0.1) is 5.52 Å². The summed E-state index contributed by atoms with van der Waals surface area (Å²) in [5.74, 6) is 0. The first-order chi connectivity index (χ1) is 7.65. The van der Waals surface area contributed by atoms with E-state index in [1.165, 1.54) is 27.4 Å². The molecule has 0 aliphatic rings. The van der Waals surface area contributed by atoms with Gasteiger partial charge in [-0.1, -0.05) is 23.2 Å². The Balaban J connectivity index is 2.57. The molecule has 2 aromatic carbocycles. The maximum atomic E-state index is 6.10. The number of halogens is 2. The summed E-state index contributed by atoms with van der Waals surface area (Å²) >= 11 is 8.41. The molecule has 0 atom stereocenters. The molecule has 3 aromatic rings. The standard InChI is InChI=1S/C13H9ClIN/c1-7-2-3-12-9(4-7)10-5-8(14)6-11(15)13(10)16-12/h2-6,16H,1H3. The molecule has 0 unspecified atom stereocenters. The van der Waals surface area contributed by atoms with Crippen molar-refractivity contribution in [2.45, 2.75) is 6.92 Å². The number of hydrogen-bond acceptors (Lipinski definition) is 0. The van der Waals surface area contributed by atoms with Crippen LogP contribution in [0, 0.1) is 10.5 Å². The summed E-state index contributed by atoms with van der Waals surface area (Å²) in [4.78, 5) is 3.43. The molecule has 0 aliphatic carbocycles. The van der Waals surface area contributed by atoms with Crippen LogP contribution in [-0.2, 0) is 0 Å². The number of rotatable bonds is 0. The van der Waals surface area contributed by atoms with E-state index in [0.29, 0.717) is 0 Å². The van der Waals surface area contributed by atoms with Gasteiger partial charge >= 0.3 is 0 Å². The van der Waals surface area contributed by atoms with Crippen LogP contribution in [-0.4, -0.2) is 4.98 Å². The Hall–Kier alpha value is -0.740. The highest BCUT2D eigenvalue weighted by atomic mass is 127. The number of hydrogen-bond donors (Lipinski definition) is 1. The van der Waals surface area contributed by atoms with Crippen molar-refractivity contribution in [2.24, 2.45) is 0 Å². The molecular weight excluding hydrogens is 333 g/mol. The lowest BCUT2D eigenvalue weighted by Gasteiger charge is -1.96. The van der Waals surface area contributed by atoms with E-state index in [0.717, 1.165) is 8.59 Å². The number of fused-ring (bicyclic) bond motifs is 3. The van der Waals surface area contributed by atoms with Gasteiger partial charge in [0.15, 0.2) is 0 Å². The van der Waals surface area contributed by atoms with E-state index in [-0.39, 0.29) is 0 Å². The Kier molecular flexibility index (Phi) is 2.37. The highest BCUT2D eigenvalue weighted by Crippen LogP contribution is 2.31. The SMILES string of the molecule is Cc1ccc2[nH]c3c(I)cc(Cl)cc3c2c1. The van der Waals surface area contributed by atoms with Gasteiger partial charge in [0, 0.05) is 24.9 Å². The van der Waals surface area contributed by atoms with Crippen LogP contribution in [0.15, 0.2) is 30.3 Å². The fourth-order valence-electron chi connectivity index (χ4n) is 2.04. The van der Waals surface area contributed by atoms with Gasteiger partial charge < -0.3 is 4.98 Å². The first-order valence-electron chi connectivity index (χ1n) is 5.02. The first-order valence-corrected chi connectivity index (χ1v) is 6.48. The van der Waals surface area contributed by atoms with Crippen molar-refractivity contribution in [1.29, 1.82) is 0 Å². The molecule has 0 bridgehead atoms. The third-order valence-corrected chi connectivity index (χ3v) is 3.85. The molecule has 3 rings (SSSR count). The van der Waals surface area contributed by atoms with Crippen LogP contribution >= 0.6 is 34.2 Å². The molecule has 0 fully saturated rings. The Bertz CT molecular complexity index is 700. The Morgan fingerprint density at radius 3 is 2.75 bits per heavy atom. The van der Waals surface area contributed by atoms with Gasteiger partial charge in [-0.2, -0.15) is 0 Å². The zero-order chi connectivity index (χ0) is 11.3. The van der Waals surface area contributed by atoms with Gasteiger partial charge in [-0.3, -0.25) is 0 Å². The lowest BCUT2D eigenvalue weighted by Crippen LogP contribution is -1.75. The van der Waals surface area contributed by atoms with Crippen LogP contribution in [0.1, 0.15) is 5.56 Å². The Morgan fingerprint density at radius 1 is 1.12 bits per heavy atom. The quantitative estimate of drug-likeness (QED) is 0.561. The van der Waals surface area contributed by atoms with Gasteiger partial charge in [0.25, 0.3) is 0 Å². The molecular formula is C13H9ClIN. The Labute approximate surface area is 112 Å². The van der Waals surface area contributed by atoms with E-state index in [1.807, 2.05) is 12.1 Å². The average molecular weight is 342 g/mol. The van der Waals surface area contributed by atoms with E-state index in [9.17, 15) is 0 Å². The van der Waals surface area contributed by atoms with E-state index < -0.39 is 0 Å². The molecule has 1 heterocycles. The predicted molar refractivity (Wildman–Crippen MR) is 78.3 cm³/mol. The van der Waals surface area contributed by atoms with Gasteiger partial charge in [0.1, 0.15) is 0 Å². The van der Waals surface area contributed by atoms with Crippen molar-refractivity contribution in [3.8, 4) is 0 Å². The molecule has 1 aromatic heterocycles. The molecule has 0 saturated carbocycles. The maximum Gasteiger partial charge on any atom is 0.0601 e. The molecule has 1 nitrogen and oxygen atoms in total. The zero-order valence-electron chi connectivity index (χ0n) is 8.64. The highest BCUT2D eigenvalue weighted by molar-refractivity contribution is 14.1. The first kappa shape index (κ1) is 10.4. The number of aromatic nitrogens is 1. The van der Waals surface area contributed by atoms with Crippen LogP contribution in [0.4, 0.5) is 0 Å². The smallest absolute Gasteiger partial charge is 0.0601 e. The number of nitrogens with one attached hydrogen (secondary N) is 1. The molecule has 3 heteroatoms. The monoisotopic (exact) mass is 341 g/mol. The minimum absolute atomic E-state index is 0.791. The molecule has 16 heavy (non-hydrogen) atoms. The summed E-state index contributed by atoms with van der Waals surface area (Å²) in [6.45, 7) is 2.10. The third-order valence-electron chi connectivity index (χ3n) is 2.78. The minimum Gasteiger partial charge on any atom is -0.354 e. The largest absolute Gasteiger partial charge is 0.354 e. The lowest BCUT2D eigenvalue weighted by atomic mass is 10.1. The summed E-state index contributed by atoms with van der Waals surface area (Å²) in [5.41, 5.74) is 3.61. The number of aromatic amines is 1. The maximum absolute atomic E-state index is 6.10. The average Bonchev–Trinajstić information content (AvgIpc) is 2.57. The molecule has 0 saturated heterocycles. The van der Waals surface area contributed by atoms with Crippen LogP contribution in [0.25, 0.3) is 21.8 Å². The topological polar surface area (TPSA) is 15.8 Å². The van der Waals surface area contributed by atoms with Crippen LogP contribution in [0.3, 0.4) is 0 Å². The zero-order valence-corrected chi connectivity index (χ0v) is 11.6. The second-order valence-electron chi connectivity index (χ2n) is 3.98. The third kappa shape index (κ3) is 1.52. The summed E-state index contributed by atoms with van der Waals surface area (Å²) in [5, 5.41) is 3.24. The van der Waals surface area contributed by atoms with Crippen molar-refractivity contribution in [3.63, 3.8) is 0 Å². The molecule has 0 amide bonds. The fraction of sp³-hybridized carbons (Fsp3) is 0.0769. The summed E-state index contributed by atoms with van der Waals surface area (Å²) < 4.78 is 1.16. The molecule has 80 valence electrons. The highest BCUT2D eigenvalue weighted by Gasteiger charge is 2.08. The van der Waals surface area contributed by atoms with Crippen molar-refractivity contribution in [1.82, 2.24) is 4.98 Å². The lowest BCUT2D eigenvalue weighted by molar-refractivity contribution is 1.48. The second-order valence-corrected chi connectivity index (χ2v) is 5.58. The second kappa shape index (κ2) is 3.64. The summed E-state index contributed by atoms with van der Waals surface area (Å²) in [7, 11) is 0. The Morgan fingerprint density at radius 2 is 1.94 bits per heavy atom. The summed E-state index contributed by atoms with van der Waals surface area (Å²) in [6.07, 6.45) is 0. The number of benzene rings is 2. The molecule has 0 radical (unpaired) electrons. The van der Waals surface area contributed by atoms with Crippen LogP contribution in [0.5, 0.6) is 0 Å². The van der Waals surface area contributed by atoms with E-state index in [4.69, 9.17) is 11.6 Å². The van der Waals surface area contributed by atoms with E-state index in [1.54, 1.807) is 0 Å². The van der Waals surface area contributed by atoms with Crippen LogP contribution in [0.2, 0.25) is 5.02 Å². The van der Waals surface area contributed by atoms with Crippen molar-refractivity contribution in [2.75, 3.05) is 0 Å². The van der Waals surface area contributed by atoms with Gasteiger partial charge in [-0.05, 0) is 53.8 Å². The number of aryl methyl sites for hydroxylation is 1. The van der Waals surface area contributed by atoms with Crippen molar-refractivity contribution >= 4 is 56.0 Å². The summed E-state index contributed by atoms with van der Waals surface area (Å²) in [6, 6.07) is 10.4. The molecule has 0 aliphatic heterocycles. The van der Waals surface area contributed by atoms with Crippen molar-refractivity contribution in [3.05, 3.63) is 44.5 Å². The molecule has 0 spiro atoms. The van der Waals surface area contributed by atoms with Gasteiger partial charge in [-0.25, -0.2) is 0 Å².